The average Bonchev–Trinajstić information content (AvgIpc) is 2.43. The summed E-state index contributed by atoms with van der Waals surface area (Å²) in [7, 11) is -2.13. The molecule has 1 atom stereocenters. The zero-order valence-corrected chi connectivity index (χ0v) is 14.3. The summed E-state index contributed by atoms with van der Waals surface area (Å²) in [5.74, 6) is -0.369. The first-order valence-electron chi connectivity index (χ1n) is 6.41. The Labute approximate surface area is 133 Å². The molecule has 118 valence electrons. The van der Waals surface area contributed by atoms with Crippen LogP contribution in [0.5, 0.6) is 0 Å². The molecule has 1 amide bonds. The van der Waals surface area contributed by atoms with Crippen molar-refractivity contribution in [1.29, 1.82) is 0 Å². The summed E-state index contributed by atoms with van der Waals surface area (Å²) in [5.41, 5.74) is 0. The summed E-state index contributed by atoms with van der Waals surface area (Å²) >= 11 is 3.24. The van der Waals surface area contributed by atoms with Crippen LogP contribution in [0, 0.1) is 0 Å². The first-order chi connectivity index (χ1) is 9.86. The van der Waals surface area contributed by atoms with Crippen molar-refractivity contribution in [1.82, 2.24) is 10.0 Å². The summed E-state index contributed by atoms with van der Waals surface area (Å²) in [5, 5.41) is 2.65. The zero-order chi connectivity index (χ0) is 15.9. The summed E-state index contributed by atoms with van der Waals surface area (Å²) in [6.07, 6.45) is 0.675. The van der Waals surface area contributed by atoms with Gasteiger partial charge in [0.25, 0.3) is 0 Å². The number of benzene rings is 1. The van der Waals surface area contributed by atoms with Gasteiger partial charge in [-0.2, -0.15) is 4.72 Å². The van der Waals surface area contributed by atoms with Crippen LogP contribution in [0.3, 0.4) is 0 Å². The second kappa shape index (κ2) is 8.47. The van der Waals surface area contributed by atoms with Crippen LogP contribution < -0.4 is 10.0 Å². The highest BCUT2D eigenvalue weighted by atomic mass is 79.9. The summed E-state index contributed by atoms with van der Waals surface area (Å²) < 4.78 is 32.2. The third-order valence-electron chi connectivity index (χ3n) is 2.67. The van der Waals surface area contributed by atoms with Crippen LogP contribution in [0.1, 0.15) is 13.3 Å². The van der Waals surface area contributed by atoms with Gasteiger partial charge in [0.2, 0.25) is 15.9 Å². The lowest BCUT2D eigenvalue weighted by Crippen LogP contribution is -2.45. The second-order valence-corrected chi connectivity index (χ2v) is 7.06. The largest absolute Gasteiger partial charge is 0.385 e. The number of rotatable bonds is 8. The number of sulfonamides is 1. The van der Waals surface area contributed by atoms with Crippen molar-refractivity contribution in [2.75, 3.05) is 20.3 Å². The smallest absolute Gasteiger partial charge is 0.241 e. The van der Waals surface area contributed by atoms with Crippen molar-refractivity contribution in [2.24, 2.45) is 0 Å². The van der Waals surface area contributed by atoms with E-state index in [0.29, 0.717) is 19.6 Å². The van der Waals surface area contributed by atoms with Gasteiger partial charge in [0, 0.05) is 24.7 Å². The van der Waals surface area contributed by atoms with Crippen LogP contribution in [0.25, 0.3) is 0 Å². The lowest BCUT2D eigenvalue weighted by Gasteiger charge is -2.14. The van der Waals surface area contributed by atoms with E-state index in [0.717, 1.165) is 4.47 Å². The van der Waals surface area contributed by atoms with E-state index < -0.39 is 16.1 Å². The van der Waals surface area contributed by atoms with Gasteiger partial charge in [-0.3, -0.25) is 4.79 Å². The lowest BCUT2D eigenvalue weighted by molar-refractivity contribution is -0.122. The van der Waals surface area contributed by atoms with Gasteiger partial charge in [-0.1, -0.05) is 15.9 Å². The van der Waals surface area contributed by atoms with E-state index in [9.17, 15) is 13.2 Å². The number of hydrogen-bond acceptors (Lipinski definition) is 4. The molecule has 0 aliphatic carbocycles. The molecule has 1 aromatic carbocycles. The fourth-order valence-electron chi connectivity index (χ4n) is 1.55. The molecule has 1 rings (SSSR count). The molecule has 0 spiro atoms. The Morgan fingerprint density at radius 1 is 1.33 bits per heavy atom. The minimum atomic E-state index is -3.71. The molecule has 0 fully saturated rings. The predicted molar refractivity (Wildman–Crippen MR) is 83.4 cm³/mol. The van der Waals surface area contributed by atoms with E-state index in [1.54, 1.807) is 19.2 Å². The summed E-state index contributed by atoms with van der Waals surface area (Å²) in [6, 6.07) is 5.35. The van der Waals surface area contributed by atoms with Gasteiger partial charge in [-0.25, -0.2) is 8.42 Å². The Hall–Kier alpha value is -0.960. The molecule has 0 heterocycles. The Morgan fingerprint density at radius 3 is 2.52 bits per heavy atom. The maximum Gasteiger partial charge on any atom is 0.241 e. The quantitative estimate of drug-likeness (QED) is 0.667. The topological polar surface area (TPSA) is 84.5 Å². The van der Waals surface area contributed by atoms with Crippen LogP contribution in [0.15, 0.2) is 33.6 Å². The Bertz CT molecular complexity index is 560. The standard InChI is InChI=1S/C13H19BrN2O4S/c1-10(13(17)15-8-3-9-20-2)16-21(18,19)12-6-4-11(14)5-7-12/h4-7,10,16H,3,8-9H2,1-2H3,(H,15,17)/t10-/m0/s1. The molecule has 21 heavy (non-hydrogen) atoms. The van der Waals surface area contributed by atoms with Crippen LogP contribution in [0.4, 0.5) is 0 Å². The molecule has 0 unspecified atom stereocenters. The van der Waals surface area contributed by atoms with Gasteiger partial charge in [0.05, 0.1) is 10.9 Å². The van der Waals surface area contributed by atoms with Crippen LogP contribution in [-0.4, -0.2) is 40.6 Å². The van der Waals surface area contributed by atoms with Gasteiger partial charge in [-0.05, 0) is 37.6 Å². The highest BCUT2D eigenvalue weighted by molar-refractivity contribution is 9.10. The number of nitrogens with one attached hydrogen (secondary N) is 2. The Balaban J connectivity index is 2.58. The molecule has 0 radical (unpaired) electrons. The van der Waals surface area contributed by atoms with Gasteiger partial charge >= 0.3 is 0 Å². The molecule has 0 bridgehead atoms. The molecule has 0 saturated heterocycles. The highest BCUT2D eigenvalue weighted by Crippen LogP contribution is 2.14. The number of amides is 1. The van der Waals surface area contributed by atoms with Crippen LogP contribution in [0.2, 0.25) is 0 Å². The van der Waals surface area contributed by atoms with Crippen molar-refractivity contribution >= 4 is 31.9 Å². The summed E-state index contributed by atoms with van der Waals surface area (Å²) in [4.78, 5) is 11.9. The third-order valence-corrected chi connectivity index (χ3v) is 4.76. The van der Waals surface area contributed by atoms with Crippen LogP contribution in [-0.2, 0) is 19.6 Å². The molecule has 6 nitrogen and oxygen atoms in total. The molecule has 0 aliphatic heterocycles. The van der Waals surface area contributed by atoms with Crippen LogP contribution >= 0.6 is 15.9 Å². The van der Waals surface area contributed by atoms with E-state index in [1.807, 2.05) is 0 Å². The van der Waals surface area contributed by atoms with Gasteiger partial charge in [0.1, 0.15) is 0 Å². The molecule has 2 N–H and O–H groups in total. The van der Waals surface area contributed by atoms with Gasteiger partial charge < -0.3 is 10.1 Å². The van der Waals surface area contributed by atoms with Crippen molar-refractivity contribution in [3.8, 4) is 0 Å². The normalized spacial score (nSPS) is 12.9. The fourth-order valence-corrected chi connectivity index (χ4v) is 3.02. The zero-order valence-electron chi connectivity index (χ0n) is 11.9. The van der Waals surface area contributed by atoms with Gasteiger partial charge in [-0.15, -0.1) is 0 Å². The van der Waals surface area contributed by atoms with E-state index >= 15 is 0 Å². The van der Waals surface area contributed by atoms with E-state index in [4.69, 9.17) is 4.74 Å². The monoisotopic (exact) mass is 378 g/mol. The van der Waals surface area contributed by atoms with Crippen molar-refractivity contribution in [2.45, 2.75) is 24.3 Å². The number of carbonyl (C=O) groups is 1. The maximum atomic E-state index is 12.1. The number of halogens is 1. The maximum absolute atomic E-state index is 12.1. The molecule has 0 aromatic heterocycles. The Kier molecular flexibility index (Phi) is 7.30. The molecule has 0 aliphatic rings. The highest BCUT2D eigenvalue weighted by Gasteiger charge is 2.21. The average molecular weight is 379 g/mol. The van der Waals surface area contributed by atoms with Crippen molar-refractivity contribution in [3.05, 3.63) is 28.7 Å². The molecular formula is C13H19BrN2O4S. The Morgan fingerprint density at radius 2 is 1.95 bits per heavy atom. The first-order valence-corrected chi connectivity index (χ1v) is 8.69. The number of carbonyl (C=O) groups excluding carboxylic acids is 1. The number of ether oxygens (including phenoxy) is 1. The van der Waals surface area contributed by atoms with E-state index in [-0.39, 0.29) is 10.8 Å². The van der Waals surface area contributed by atoms with E-state index in [2.05, 4.69) is 26.0 Å². The second-order valence-electron chi connectivity index (χ2n) is 4.43. The molecule has 1 aromatic rings. The van der Waals surface area contributed by atoms with Crippen molar-refractivity contribution in [3.63, 3.8) is 0 Å². The number of hydrogen-bond donors (Lipinski definition) is 2. The predicted octanol–water partition coefficient (Wildman–Crippen LogP) is 1.27. The van der Waals surface area contributed by atoms with Gasteiger partial charge in [0.15, 0.2) is 0 Å². The molecular weight excluding hydrogens is 360 g/mol. The van der Waals surface area contributed by atoms with E-state index in [1.165, 1.54) is 19.1 Å². The SMILES string of the molecule is COCCCNC(=O)[C@H](C)NS(=O)(=O)c1ccc(Br)cc1. The summed E-state index contributed by atoms with van der Waals surface area (Å²) in [6.45, 7) is 2.48. The molecule has 8 heteroatoms. The first kappa shape index (κ1) is 18.1. The minimum Gasteiger partial charge on any atom is -0.385 e. The minimum absolute atomic E-state index is 0.115. The number of methoxy groups -OCH3 is 1. The van der Waals surface area contributed by atoms with Crippen molar-refractivity contribution < 1.29 is 17.9 Å². The third kappa shape index (κ3) is 6.13. The lowest BCUT2D eigenvalue weighted by atomic mass is 10.3. The molecule has 0 saturated carbocycles. The fraction of sp³-hybridized carbons (Fsp3) is 0.462.